The second kappa shape index (κ2) is 10.8. The Labute approximate surface area is 215 Å². The highest BCUT2D eigenvalue weighted by molar-refractivity contribution is 5.95. The number of allylic oxidation sites excluding steroid dienone is 2. The monoisotopic (exact) mass is 495 g/mol. The van der Waals surface area contributed by atoms with Crippen LogP contribution >= 0.6 is 0 Å². The zero-order valence-electron chi connectivity index (χ0n) is 20.7. The van der Waals surface area contributed by atoms with E-state index >= 15 is 0 Å². The van der Waals surface area contributed by atoms with E-state index in [9.17, 15) is 14.8 Å². The summed E-state index contributed by atoms with van der Waals surface area (Å²) in [5, 5.41) is 20.6. The molecule has 1 aromatic carbocycles. The molecule has 5 rings (SSSR count). The van der Waals surface area contributed by atoms with Crippen LogP contribution in [0.1, 0.15) is 87.8 Å². The van der Waals surface area contributed by atoms with Gasteiger partial charge < -0.3 is 15.1 Å². The summed E-state index contributed by atoms with van der Waals surface area (Å²) >= 11 is 0. The van der Waals surface area contributed by atoms with Gasteiger partial charge in [0.2, 0.25) is 5.78 Å². The van der Waals surface area contributed by atoms with Crippen molar-refractivity contribution in [3.8, 4) is 6.07 Å². The van der Waals surface area contributed by atoms with Crippen LogP contribution in [-0.4, -0.2) is 39.6 Å². The number of amides is 1. The smallest absolute Gasteiger partial charge is 0.259 e. The number of aromatic amines is 1. The van der Waals surface area contributed by atoms with Crippen molar-refractivity contribution in [2.75, 3.05) is 13.1 Å². The molecule has 0 unspecified atom stereocenters. The van der Waals surface area contributed by atoms with Gasteiger partial charge in [0, 0.05) is 25.6 Å². The maximum Gasteiger partial charge on any atom is 0.259 e. The van der Waals surface area contributed by atoms with Crippen LogP contribution in [0.15, 0.2) is 55.0 Å². The third-order valence-corrected chi connectivity index (χ3v) is 7.36. The lowest BCUT2D eigenvalue weighted by Crippen LogP contribution is -2.39. The van der Waals surface area contributed by atoms with Gasteiger partial charge in [0.15, 0.2) is 18.2 Å². The summed E-state index contributed by atoms with van der Waals surface area (Å²) in [5.41, 5.74) is 5.30. The summed E-state index contributed by atoms with van der Waals surface area (Å²) in [6, 6.07) is 11.6. The minimum Gasteiger partial charge on any atom is -0.619 e. The van der Waals surface area contributed by atoms with Gasteiger partial charge in [-0.05, 0) is 72.8 Å². The highest BCUT2D eigenvalue weighted by Crippen LogP contribution is 2.35. The van der Waals surface area contributed by atoms with Gasteiger partial charge in [-0.15, -0.1) is 0 Å². The average Bonchev–Trinajstić information content (AvgIpc) is 3.43. The van der Waals surface area contributed by atoms with Gasteiger partial charge in [0.25, 0.3) is 5.91 Å². The van der Waals surface area contributed by atoms with Crippen LogP contribution in [0, 0.1) is 16.5 Å². The van der Waals surface area contributed by atoms with Gasteiger partial charge in [-0.2, -0.15) is 9.99 Å². The molecule has 8 nitrogen and oxygen atoms in total. The SMILES string of the molecule is N#Cc1cnc(C(=O)Cc2ccc(C3CCN(C(=O)c4ccc[n+]([O-])c4)CC3)cc2C2=CCCCC2)[nH]1. The third-order valence-electron chi connectivity index (χ3n) is 7.36. The average molecular weight is 496 g/mol. The van der Waals surface area contributed by atoms with Crippen molar-refractivity contribution in [3.63, 3.8) is 0 Å². The molecule has 3 aromatic rings. The maximum atomic E-state index is 12.9. The molecule has 2 aliphatic rings. The Kier molecular flexibility index (Phi) is 7.13. The Morgan fingerprint density at radius 3 is 2.76 bits per heavy atom. The van der Waals surface area contributed by atoms with Gasteiger partial charge in [-0.3, -0.25) is 9.59 Å². The Hall–Kier alpha value is -4.25. The van der Waals surface area contributed by atoms with E-state index in [-0.39, 0.29) is 29.6 Å². The molecule has 1 aliphatic heterocycles. The lowest BCUT2D eigenvalue weighted by Gasteiger charge is -2.32. The Morgan fingerprint density at radius 2 is 2.05 bits per heavy atom. The molecule has 1 N–H and O–H groups in total. The number of piperidine rings is 1. The van der Waals surface area contributed by atoms with E-state index in [1.807, 2.05) is 11.0 Å². The standard InChI is InChI=1S/C29H29N5O3/c30-17-25-18-31-28(32-25)27(35)16-23-9-8-22(15-26(23)21-5-2-1-3-6-21)20-10-13-33(14-11-20)29(36)24-7-4-12-34(37)19-24/h4-5,7-9,12,15,18-20H,1-3,6,10-11,13-14,16H2,(H,31,32). The summed E-state index contributed by atoms with van der Waals surface area (Å²) in [6.07, 6.45) is 12.6. The Bertz CT molecular complexity index is 1390. The molecular weight excluding hydrogens is 466 g/mol. The molecule has 0 spiro atoms. The largest absolute Gasteiger partial charge is 0.619 e. The minimum absolute atomic E-state index is 0.108. The lowest BCUT2D eigenvalue weighted by molar-refractivity contribution is -0.605. The summed E-state index contributed by atoms with van der Waals surface area (Å²) in [4.78, 5) is 34.5. The first-order valence-corrected chi connectivity index (χ1v) is 12.8. The number of nitrogens with zero attached hydrogens (tertiary/aromatic N) is 4. The number of carbonyl (C=O) groups excluding carboxylic acids is 2. The molecule has 37 heavy (non-hydrogen) atoms. The van der Waals surface area contributed by atoms with Gasteiger partial charge >= 0.3 is 0 Å². The van der Waals surface area contributed by atoms with E-state index in [2.05, 4.69) is 34.2 Å². The second-order valence-electron chi connectivity index (χ2n) is 9.77. The fourth-order valence-electron chi connectivity index (χ4n) is 5.34. The number of ketones is 1. The van der Waals surface area contributed by atoms with Crippen molar-refractivity contribution >= 4 is 17.3 Å². The molecule has 1 fully saturated rings. The van der Waals surface area contributed by atoms with Crippen LogP contribution in [-0.2, 0) is 6.42 Å². The number of pyridine rings is 1. The Morgan fingerprint density at radius 1 is 1.22 bits per heavy atom. The number of hydrogen-bond acceptors (Lipinski definition) is 5. The summed E-state index contributed by atoms with van der Waals surface area (Å²) < 4.78 is 0.655. The molecule has 1 saturated heterocycles. The summed E-state index contributed by atoms with van der Waals surface area (Å²) in [5.74, 6) is 0.282. The maximum absolute atomic E-state index is 12.9. The number of carbonyl (C=O) groups is 2. The van der Waals surface area contributed by atoms with Gasteiger partial charge in [0.1, 0.15) is 17.3 Å². The van der Waals surface area contributed by atoms with Crippen LogP contribution in [0.3, 0.4) is 0 Å². The number of aromatic nitrogens is 3. The molecule has 8 heteroatoms. The third kappa shape index (κ3) is 5.46. The summed E-state index contributed by atoms with van der Waals surface area (Å²) in [6.45, 7) is 1.27. The predicted molar refractivity (Wildman–Crippen MR) is 138 cm³/mol. The van der Waals surface area contributed by atoms with E-state index in [4.69, 9.17) is 5.26 Å². The van der Waals surface area contributed by atoms with Crippen LogP contribution in [0.25, 0.3) is 5.57 Å². The zero-order valence-corrected chi connectivity index (χ0v) is 20.7. The lowest BCUT2D eigenvalue weighted by atomic mass is 9.83. The van der Waals surface area contributed by atoms with Crippen molar-refractivity contribution in [2.45, 2.75) is 50.9 Å². The minimum atomic E-state index is -0.140. The van der Waals surface area contributed by atoms with Crippen LogP contribution in [0.2, 0.25) is 0 Å². The number of H-pyrrole nitrogens is 1. The number of imidazole rings is 1. The Balaban J connectivity index is 1.33. The van der Waals surface area contributed by atoms with E-state index in [1.165, 1.54) is 36.1 Å². The summed E-state index contributed by atoms with van der Waals surface area (Å²) in [7, 11) is 0. The van der Waals surface area contributed by atoms with E-state index in [1.54, 1.807) is 12.1 Å². The van der Waals surface area contributed by atoms with Gasteiger partial charge in [0.05, 0.1) is 6.20 Å². The fraction of sp³-hybridized carbons (Fsp3) is 0.345. The number of Topliss-reactive ketones (excluding diaryl/α,β-unsaturated/α-hetero) is 1. The van der Waals surface area contributed by atoms with Crippen molar-refractivity contribution in [3.05, 3.63) is 94.0 Å². The first-order valence-electron chi connectivity index (χ1n) is 12.8. The number of likely N-dealkylation sites (tertiary alicyclic amines) is 1. The molecule has 3 heterocycles. The number of hydrogen-bond donors (Lipinski definition) is 1. The van der Waals surface area contributed by atoms with Crippen molar-refractivity contribution in [1.82, 2.24) is 14.9 Å². The molecule has 1 amide bonds. The first kappa shape index (κ1) is 24.4. The number of benzene rings is 1. The molecule has 0 saturated carbocycles. The molecule has 2 aromatic heterocycles. The molecule has 1 aliphatic carbocycles. The van der Waals surface area contributed by atoms with Crippen molar-refractivity contribution in [2.24, 2.45) is 0 Å². The predicted octanol–water partition coefficient (Wildman–Crippen LogP) is 4.32. The van der Waals surface area contributed by atoms with Crippen LogP contribution in [0.5, 0.6) is 0 Å². The topological polar surface area (TPSA) is 117 Å². The zero-order chi connectivity index (χ0) is 25.8. The van der Waals surface area contributed by atoms with Gasteiger partial charge in [-0.1, -0.05) is 24.3 Å². The quantitative estimate of drug-likeness (QED) is 0.311. The molecule has 0 atom stereocenters. The fourth-order valence-corrected chi connectivity index (χ4v) is 5.34. The number of rotatable bonds is 6. The number of nitriles is 1. The van der Waals surface area contributed by atoms with Gasteiger partial charge in [-0.25, -0.2) is 4.98 Å². The normalized spacial score (nSPS) is 16.2. The van der Waals surface area contributed by atoms with Crippen LogP contribution < -0.4 is 4.73 Å². The number of nitrogens with one attached hydrogen (secondary N) is 1. The molecule has 188 valence electrons. The van der Waals surface area contributed by atoms with Crippen molar-refractivity contribution < 1.29 is 14.3 Å². The van der Waals surface area contributed by atoms with E-state index in [0.717, 1.165) is 43.2 Å². The van der Waals surface area contributed by atoms with E-state index < -0.39 is 0 Å². The molecular formula is C29H29N5O3. The highest BCUT2D eigenvalue weighted by atomic mass is 16.5. The van der Waals surface area contributed by atoms with E-state index in [0.29, 0.717) is 29.3 Å². The van der Waals surface area contributed by atoms with Crippen LogP contribution in [0.4, 0.5) is 0 Å². The first-order chi connectivity index (χ1) is 18.0. The van der Waals surface area contributed by atoms with Crippen molar-refractivity contribution in [1.29, 1.82) is 5.26 Å². The second-order valence-corrected chi connectivity index (χ2v) is 9.77. The molecule has 0 bridgehead atoms. The molecule has 0 radical (unpaired) electrons. The highest BCUT2D eigenvalue weighted by Gasteiger charge is 2.26.